The maximum atomic E-state index is 12.4. The van der Waals surface area contributed by atoms with Crippen molar-refractivity contribution in [1.82, 2.24) is 14.9 Å². The molecule has 1 unspecified atom stereocenters. The molecule has 1 atom stereocenters. The van der Waals surface area contributed by atoms with E-state index in [0.717, 1.165) is 30.8 Å². The number of aromatic nitrogens is 2. The molecule has 2 rings (SSSR count). The molecule has 1 aromatic carbocycles. The van der Waals surface area contributed by atoms with Crippen molar-refractivity contribution in [2.45, 2.75) is 32.7 Å². The molecule has 1 aromatic heterocycles. The SMILES string of the molecule is CCCCNc1ccccc1C(=O)NC(C)c1csnn1. The Morgan fingerprint density at radius 1 is 1.38 bits per heavy atom. The Morgan fingerprint density at radius 3 is 2.90 bits per heavy atom. The maximum absolute atomic E-state index is 12.4. The number of amides is 1. The van der Waals surface area contributed by atoms with Crippen LogP contribution >= 0.6 is 11.5 Å². The lowest BCUT2D eigenvalue weighted by molar-refractivity contribution is 0.0940. The number of unbranched alkanes of at least 4 members (excludes halogenated alkanes) is 1. The van der Waals surface area contributed by atoms with Crippen molar-refractivity contribution in [2.24, 2.45) is 0 Å². The number of rotatable bonds is 7. The van der Waals surface area contributed by atoms with Gasteiger partial charge in [-0.3, -0.25) is 4.79 Å². The third-order valence-electron chi connectivity index (χ3n) is 3.19. The predicted molar refractivity (Wildman–Crippen MR) is 85.6 cm³/mol. The number of nitrogens with zero attached hydrogens (tertiary/aromatic N) is 2. The highest BCUT2D eigenvalue weighted by Gasteiger charge is 2.15. The second-order valence-electron chi connectivity index (χ2n) is 4.85. The zero-order valence-electron chi connectivity index (χ0n) is 12.3. The van der Waals surface area contributed by atoms with E-state index in [0.29, 0.717) is 5.56 Å². The van der Waals surface area contributed by atoms with Crippen molar-refractivity contribution in [3.05, 3.63) is 40.9 Å². The zero-order valence-corrected chi connectivity index (χ0v) is 13.1. The highest BCUT2D eigenvalue weighted by Crippen LogP contribution is 2.17. The Bertz CT molecular complexity index is 571. The first-order valence-electron chi connectivity index (χ1n) is 7.13. The maximum Gasteiger partial charge on any atom is 0.253 e. The molecule has 6 heteroatoms. The van der Waals surface area contributed by atoms with Gasteiger partial charge in [-0.05, 0) is 37.0 Å². The minimum Gasteiger partial charge on any atom is -0.384 e. The summed E-state index contributed by atoms with van der Waals surface area (Å²) in [5, 5.41) is 12.1. The van der Waals surface area contributed by atoms with Gasteiger partial charge in [-0.25, -0.2) is 0 Å². The number of carbonyl (C=O) groups is 1. The molecule has 2 aromatic rings. The number of hydrogen-bond donors (Lipinski definition) is 2. The van der Waals surface area contributed by atoms with Gasteiger partial charge in [-0.15, -0.1) is 5.10 Å². The molecule has 0 radical (unpaired) electrons. The lowest BCUT2D eigenvalue weighted by atomic mass is 10.1. The topological polar surface area (TPSA) is 66.9 Å². The fraction of sp³-hybridized carbons (Fsp3) is 0.400. The van der Waals surface area contributed by atoms with Crippen LogP contribution in [-0.4, -0.2) is 22.0 Å². The lowest BCUT2D eigenvalue weighted by Gasteiger charge is -2.14. The van der Waals surface area contributed by atoms with Crippen LogP contribution in [0.3, 0.4) is 0 Å². The molecule has 2 N–H and O–H groups in total. The van der Waals surface area contributed by atoms with Gasteiger partial charge in [-0.2, -0.15) is 0 Å². The summed E-state index contributed by atoms with van der Waals surface area (Å²) < 4.78 is 3.82. The summed E-state index contributed by atoms with van der Waals surface area (Å²) in [7, 11) is 0. The van der Waals surface area contributed by atoms with Crippen LogP contribution in [0.2, 0.25) is 0 Å². The van der Waals surface area contributed by atoms with Gasteiger partial charge in [0.2, 0.25) is 0 Å². The fourth-order valence-corrected chi connectivity index (χ4v) is 2.49. The lowest BCUT2D eigenvalue weighted by Crippen LogP contribution is -2.27. The van der Waals surface area contributed by atoms with E-state index in [1.807, 2.05) is 36.6 Å². The van der Waals surface area contributed by atoms with E-state index in [1.165, 1.54) is 11.5 Å². The van der Waals surface area contributed by atoms with Gasteiger partial charge < -0.3 is 10.6 Å². The Labute approximate surface area is 128 Å². The highest BCUT2D eigenvalue weighted by molar-refractivity contribution is 7.03. The summed E-state index contributed by atoms with van der Waals surface area (Å²) in [4.78, 5) is 12.4. The molecule has 0 aliphatic rings. The van der Waals surface area contributed by atoms with Gasteiger partial charge in [-0.1, -0.05) is 30.0 Å². The second kappa shape index (κ2) is 7.73. The zero-order chi connectivity index (χ0) is 15.1. The van der Waals surface area contributed by atoms with Crippen LogP contribution in [0.25, 0.3) is 0 Å². The van der Waals surface area contributed by atoms with Gasteiger partial charge in [0.25, 0.3) is 5.91 Å². The van der Waals surface area contributed by atoms with E-state index in [-0.39, 0.29) is 11.9 Å². The monoisotopic (exact) mass is 304 g/mol. The smallest absolute Gasteiger partial charge is 0.253 e. The minimum atomic E-state index is -0.153. The summed E-state index contributed by atoms with van der Waals surface area (Å²) >= 11 is 1.28. The fourth-order valence-electron chi connectivity index (χ4n) is 1.94. The molecule has 0 saturated carbocycles. The molecule has 0 aliphatic carbocycles. The van der Waals surface area contributed by atoms with Crippen LogP contribution in [0.1, 0.15) is 48.8 Å². The van der Waals surface area contributed by atoms with Crippen LogP contribution in [0.15, 0.2) is 29.6 Å². The molecule has 5 nitrogen and oxygen atoms in total. The standard InChI is InChI=1S/C15H20N4OS/c1-3-4-9-16-13-8-6-5-7-12(13)15(20)17-11(2)14-10-21-19-18-14/h5-8,10-11,16H,3-4,9H2,1-2H3,(H,17,20). The van der Waals surface area contributed by atoms with Crippen LogP contribution in [0.4, 0.5) is 5.69 Å². The Hall–Kier alpha value is -1.95. The highest BCUT2D eigenvalue weighted by atomic mass is 32.1. The van der Waals surface area contributed by atoms with Gasteiger partial charge in [0.1, 0.15) is 0 Å². The quantitative estimate of drug-likeness (QED) is 0.771. The molecule has 0 fully saturated rings. The first-order chi connectivity index (χ1) is 10.2. The van der Waals surface area contributed by atoms with Crippen molar-refractivity contribution in [1.29, 1.82) is 0 Å². The Morgan fingerprint density at radius 2 is 2.19 bits per heavy atom. The molecular weight excluding hydrogens is 284 g/mol. The van der Waals surface area contributed by atoms with E-state index >= 15 is 0 Å². The van der Waals surface area contributed by atoms with Crippen LogP contribution in [0, 0.1) is 0 Å². The number of hydrogen-bond acceptors (Lipinski definition) is 5. The summed E-state index contributed by atoms with van der Waals surface area (Å²) in [6.45, 7) is 4.91. The Kier molecular flexibility index (Phi) is 5.68. The second-order valence-corrected chi connectivity index (χ2v) is 5.46. The molecule has 21 heavy (non-hydrogen) atoms. The van der Waals surface area contributed by atoms with E-state index in [4.69, 9.17) is 0 Å². The Balaban J connectivity index is 2.04. The van der Waals surface area contributed by atoms with Crippen molar-refractivity contribution < 1.29 is 4.79 Å². The summed E-state index contributed by atoms with van der Waals surface area (Å²) in [6, 6.07) is 7.41. The molecule has 1 heterocycles. The number of para-hydroxylation sites is 1. The number of anilines is 1. The summed E-state index contributed by atoms with van der Waals surface area (Å²) in [5.41, 5.74) is 2.31. The van der Waals surface area contributed by atoms with Crippen molar-refractivity contribution >= 4 is 23.1 Å². The third-order valence-corrected chi connectivity index (χ3v) is 3.71. The van der Waals surface area contributed by atoms with E-state index in [9.17, 15) is 4.79 Å². The first kappa shape index (κ1) is 15.4. The van der Waals surface area contributed by atoms with Crippen LogP contribution in [0.5, 0.6) is 0 Å². The van der Waals surface area contributed by atoms with E-state index in [2.05, 4.69) is 27.1 Å². The molecule has 0 aliphatic heterocycles. The van der Waals surface area contributed by atoms with Gasteiger partial charge in [0, 0.05) is 17.6 Å². The van der Waals surface area contributed by atoms with Gasteiger partial charge in [0.05, 0.1) is 17.3 Å². The van der Waals surface area contributed by atoms with Crippen molar-refractivity contribution in [2.75, 3.05) is 11.9 Å². The first-order valence-corrected chi connectivity index (χ1v) is 7.96. The molecule has 0 saturated heterocycles. The summed E-state index contributed by atoms with van der Waals surface area (Å²) in [6.07, 6.45) is 2.20. The average molecular weight is 304 g/mol. The van der Waals surface area contributed by atoms with E-state index in [1.54, 1.807) is 0 Å². The van der Waals surface area contributed by atoms with Crippen molar-refractivity contribution in [3.63, 3.8) is 0 Å². The predicted octanol–water partition coefficient (Wildman–Crippen LogP) is 3.24. The minimum absolute atomic E-state index is 0.102. The largest absolute Gasteiger partial charge is 0.384 e. The molecule has 1 amide bonds. The number of carbonyl (C=O) groups excluding carboxylic acids is 1. The van der Waals surface area contributed by atoms with Crippen LogP contribution in [-0.2, 0) is 0 Å². The molecule has 112 valence electrons. The number of benzene rings is 1. The normalized spacial score (nSPS) is 11.9. The average Bonchev–Trinajstić information content (AvgIpc) is 3.02. The number of nitrogens with one attached hydrogen (secondary N) is 2. The van der Waals surface area contributed by atoms with E-state index < -0.39 is 0 Å². The summed E-state index contributed by atoms with van der Waals surface area (Å²) in [5.74, 6) is -0.102. The molecular formula is C15H20N4OS. The molecule has 0 bridgehead atoms. The van der Waals surface area contributed by atoms with Gasteiger partial charge >= 0.3 is 0 Å². The molecule has 0 spiro atoms. The van der Waals surface area contributed by atoms with Crippen LogP contribution < -0.4 is 10.6 Å². The van der Waals surface area contributed by atoms with Gasteiger partial charge in [0.15, 0.2) is 0 Å². The third kappa shape index (κ3) is 4.26. The van der Waals surface area contributed by atoms with Crippen molar-refractivity contribution in [3.8, 4) is 0 Å².